The molecular weight excluding hydrogens is 320 g/mol. The summed E-state index contributed by atoms with van der Waals surface area (Å²) in [4.78, 5) is 29.4. The maximum absolute atomic E-state index is 12.3. The van der Waals surface area contributed by atoms with E-state index in [1.807, 2.05) is 25.1 Å². The Bertz CT molecular complexity index is 785. The summed E-state index contributed by atoms with van der Waals surface area (Å²) in [5, 5.41) is 13.8. The second-order valence-corrected chi connectivity index (χ2v) is 6.18. The van der Waals surface area contributed by atoms with Gasteiger partial charge in [-0.05, 0) is 38.0 Å². The van der Waals surface area contributed by atoms with Crippen LogP contribution in [0.2, 0.25) is 0 Å². The van der Waals surface area contributed by atoms with Crippen LogP contribution >= 0.6 is 0 Å². The molecule has 1 aliphatic rings. The van der Waals surface area contributed by atoms with Crippen molar-refractivity contribution in [3.8, 4) is 0 Å². The summed E-state index contributed by atoms with van der Waals surface area (Å²) in [7, 11) is 0. The third kappa shape index (κ3) is 4.12. The lowest BCUT2D eigenvalue weighted by Crippen LogP contribution is -2.45. The molecule has 1 amide bonds. The van der Waals surface area contributed by atoms with Crippen LogP contribution in [0.15, 0.2) is 42.5 Å². The molecule has 7 heteroatoms. The molecule has 1 fully saturated rings. The minimum atomic E-state index is -0.496. The number of aryl methyl sites for hydroxylation is 1. The Kier molecular flexibility index (Phi) is 4.92. The lowest BCUT2D eigenvalue weighted by Gasteiger charge is -2.33. The Morgan fingerprint density at radius 2 is 1.96 bits per heavy atom. The van der Waals surface area contributed by atoms with E-state index in [-0.39, 0.29) is 17.6 Å². The lowest BCUT2D eigenvalue weighted by molar-refractivity contribution is -0.384. The van der Waals surface area contributed by atoms with Crippen LogP contribution in [0.4, 0.5) is 11.5 Å². The summed E-state index contributed by atoms with van der Waals surface area (Å²) < 4.78 is 0. The Labute approximate surface area is 145 Å². The molecule has 0 atom stereocenters. The van der Waals surface area contributed by atoms with Gasteiger partial charge in [0.25, 0.3) is 11.6 Å². The van der Waals surface area contributed by atoms with Gasteiger partial charge in [0.05, 0.1) is 4.92 Å². The molecule has 0 aliphatic carbocycles. The Morgan fingerprint density at radius 1 is 1.24 bits per heavy atom. The summed E-state index contributed by atoms with van der Waals surface area (Å²) in [6, 6.07) is 11.8. The molecule has 1 aromatic carbocycles. The molecule has 1 N–H and O–H groups in total. The molecule has 3 rings (SSSR count). The maximum atomic E-state index is 12.3. The Morgan fingerprint density at radius 3 is 2.64 bits per heavy atom. The van der Waals surface area contributed by atoms with Crippen LogP contribution in [-0.4, -0.2) is 34.9 Å². The predicted molar refractivity (Wildman–Crippen MR) is 94.8 cm³/mol. The molecule has 0 radical (unpaired) electrons. The van der Waals surface area contributed by atoms with Crippen molar-refractivity contribution in [3.05, 3.63) is 63.8 Å². The monoisotopic (exact) mass is 340 g/mol. The number of piperidine rings is 1. The second-order valence-electron chi connectivity index (χ2n) is 6.18. The molecule has 2 aromatic rings. The molecule has 0 bridgehead atoms. The van der Waals surface area contributed by atoms with E-state index >= 15 is 0 Å². The van der Waals surface area contributed by atoms with Crippen molar-refractivity contribution in [2.75, 3.05) is 18.0 Å². The van der Waals surface area contributed by atoms with E-state index in [2.05, 4.69) is 15.2 Å². The van der Waals surface area contributed by atoms with Crippen molar-refractivity contribution in [2.45, 2.75) is 25.8 Å². The fraction of sp³-hybridized carbons (Fsp3) is 0.333. The van der Waals surface area contributed by atoms with Gasteiger partial charge in [-0.3, -0.25) is 14.9 Å². The number of hydrogen-bond acceptors (Lipinski definition) is 5. The number of nitro benzene ring substituents is 1. The van der Waals surface area contributed by atoms with Crippen LogP contribution in [0, 0.1) is 17.0 Å². The van der Waals surface area contributed by atoms with Gasteiger partial charge in [0.15, 0.2) is 0 Å². The van der Waals surface area contributed by atoms with Gasteiger partial charge in [-0.25, -0.2) is 4.98 Å². The predicted octanol–water partition coefficient (Wildman–Crippen LogP) is 2.70. The van der Waals surface area contributed by atoms with Crippen LogP contribution in [0.25, 0.3) is 0 Å². The van der Waals surface area contributed by atoms with Gasteiger partial charge in [-0.15, -0.1) is 0 Å². The van der Waals surface area contributed by atoms with Gasteiger partial charge in [-0.2, -0.15) is 0 Å². The highest BCUT2D eigenvalue weighted by Crippen LogP contribution is 2.19. The molecule has 1 aliphatic heterocycles. The molecule has 7 nitrogen and oxygen atoms in total. The standard InChI is InChI=1S/C18H20N4O3/c1-13-4-2-7-17(19-13)21-10-8-15(9-11-21)20-18(23)14-5-3-6-16(12-14)22(24)25/h2-7,12,15H,8-11H2,1H3,(H,20,23). The van der Waals surface area contributed by atoms with E-state index in [0.29, 0.717) is 5.56 Å². The van der Waals surface area contributed by atoms with Gasteiger partial charge >= 0.3 is 0 Å². The third-order valence-corrected chi connectivity index (χ3v) is 4.35. The topological polar surface area (TPSA) is 88.4 Å². The summed E-state index contributed by atoms with van der Waals surface area (Å²) in [6.45, 7) is 3.60. The van der Waals surface area contributed by atoms with Crippen LogP contribution in [0.5, 0.6) is 0 Å². The highest BCUT2D eigenvalue weighted by atomic mass is 16.6. The van der Waals surface area contributed by atoms with Gasteiger partial charge in [-0.1, -0.05) is 12.1 Å². The van der Waals surface area contributed by atoms with E-state index in [1.54, 1.807) is 6.07 Å². The van der Waals surface area contributed by atoms with Crippen molar-refractivity contribution >= 4 is 17.4 Å². The number of amides is 1. The first kappa shape index (κ1) is 16.9. The number of rotatable bonds is 4. The van der Waals surface area contributed by atoms with Gasteiger partial charge in [0, 0.05) is 42.5 Å². The maximum Gasteiger partial charge on any atom is 0.270 e. The minimum absolute atomic E-state index is 0.0628. The number of carbonyl (C=O) groups excluding carboxylic acids is 1. The molecule has 1 saturated heterocycles. The minimum Gasteiger partial charge on any atom is -0.356 e. The number of benzene rings is 1. The first-order valence-corrected chi connectivity index (χ1v) is 8.27. The van der Waals surface area contributed by atoms with Crippen LogP contribution in [0.3, 0.4) is 0 Å². The summed E-state index contributed by atoms with van der Waals surface area (Å²) >= 11 is 0. The van der Waals surface area contributed by atoms with Crippen molar-refractivity contribution in [3.63, 3.8) is 0 Å². The zero-order chi connectivity index (χ0) is 17.8. The Balaban J connectivity index is 1.58. The van der Waals surface area contributed by atoms with E-state index in [9.17, 15) is 14.9 Å². The number of hydrogen-bond donors (Lipinski definition) is 1. The quantitative estimate of drug-likeness (QED) is 0.683. The van der Waals surface area contributed by atoms with Crippen molar-refractivity contribution in [1.29, 1.82) is 0 Å². The lowest BCUT2D eigenvalue weighted by atomic mass is 10.0. The van der Waals surface area contributed by atoms with Crippen molar-refractivity contribution < 1.29 is 9.72 Å². The molecule has 130 valence electrons. The highest BCUT2D eigenvalue weighted by Gasteiger charge is 2.22. The fourth-order valence-electron chi connectivity index (χ4n) is 2.99. The highest BCUT2D eigenvalue weighted by molar-refractivity contribution is 5.95. The number of nitrogens with one attached hydrogen (secondary N) is 1. The zero-order valence-corrected chi connectivity index (χ0v) is 14.0. The molecule has 0 unspecified atom stereocenters. The largest absolute Gasteiger partial charge is 0.356 e. The normalized spacial score (nSPS) is 15.0. The summed E-state index contributed by atoms with van der Waals surface area (Å²) in [5.41, 5.74) is 1.23. The molecular formula is C18H20N4O3. The number of anilines is 1. The van der Waals surface area contributed by atoms with Gasteiger partial charge in [0.1, 0.15) is 5.82 Å². The first-order valence-electron chi connectivity index (χ1n) is 8.27. The Hall–Kier alpha value is -2.96. The van der Waals surface area contributed by atoms with Crippen molar-refractivity contribution in [2.24, 2.45) is 0 Å². The van der Waals surface area contributed by atoms with E-state index in [1.165, 1.54) is 18.2 Å². The molecule has 25 heavy (non-hydrogen) atoms. The van der Waals surface area contributed by atoms with E-state index < -0.39 is 4.92 Å². The number of carbonyl (C=O) groups is 1. The van der Waals surface area contributed by atoms with E-state index in [4.69, 9.17) is 0 Å². The average Bonchev–Trinajstić information content (AvgIpc) is 2.62. The van der Waals surface area contributed by atoms with Gasteiger partial charge < -0.3 is 10.2 Å². The number of pyridine rings is 1. The second kappa shape index (κ2) is 7.29. The molecule has 0 saturated carbocycles. The SMILES string of the molecule is Cc1cccc(N2CCC(NC(=O)c3cccc([N+](=O)[O-])c3)CC2)n1. The van der Waals surface area contributed by atoms with Gasteiger partial charge in [0.2, 0.25) is 0 Å². The zero-order valence-electron chi connectivity index (χ0n) is 14.0. The third-order valence-electron chi connectivity index (χ3n) is 4.35. The van der Waals surface area contributed by atoms with E-state index in [0.717, 1.165) is 37.4 Å². The molecule has 2 heterocycles. The number of non-ortho nitro benzene ring substituents is 1. The van der Waals surface area contributed by atoms with Crippen molar-refractivity contribution in [1.82, 2.24) is 10.3 Å². The number of aromatic nitrogens is 1. The van der Waals surface area contributed by atoms with Crippen LogP contribution in [0.1, 0.15) is 28.9 Å². The smallest absolute Gasteiger partial charge is 0.270 e. The number of nitrogens with zero attached hydrogens (tertiary/aromatic N) is 3. The molecule has 1 aromatic heterocycles. The number of nitro groups is 1. The van der Waals surface area contributed by atoms with Crippen LogP contribution in [-0.2, 0) is 0 Å². The fourth-order valence-corrected chi connectivity index (χ4v) is 2.99. The summed E-state index contributed by atoms with van der Waals surface area (Å²) in [5.74, 6) is 0.694. The summed E-state index contributed by atoms with van der Waals surface area (Å²) in [6.07, 6.45) is 1.63. The average molecular weight is 340 g/mol. The molecule has 0 spiro atoms. The van der Waals surface area contributed by atoms with Crippen LogP contribution < -0.4 is 10.2 Å². The first-order chi connectivity index (χ1) is 12.0.